The predicted octanol–water partition coefficient (Wildman–Crippen LogP) is 0.00810. The molecule has 0 radical (unpaired) electrons. The summed E-state index contributed by atoms with van der Waals surface area (Å²) in [5.41, 5.74) is 0. The molecule has 1 fully saturated rings. The third-order valence-electron chi connectivity index (χ3n) is 2.42. The van der Waals surface area contributed by atoms with Crippen LogP contribution in [0.15, 0.2) is 0 Å². The molecule has 1 saturated heterocycles. The van der Waals surface area contributed by atoms with Crippen LogP contribution in [0.1, 0.15) is 13.3 Å². The van der Waals surface area contributed by atoms with Gasteiger partial charge in [0.25, 0.3) is 0 Å². The van der Waals surface area contributed by atoms with Gasteiger partial charge in [0.2, 0.25) is 0 Å². The predicted molar refractivity (Wildman–Crippen MR) is 58.0 cm³/mol. The third-order valence-corrected chi connectivity index (χ3v) is 2.42. The molecule has 1 heterocycles. The van der Waals surface area contributed by atoms with Crippen molar-refractivity contribution in [3.8, 4) is 11.8 Å². The summed E-state index contributed by atoms with van der Waals surface area (Å²) in [4.78, 5) is 4.69. The second-order valence-corrected chi connectivity index (χ2v) is 3.99. The smallest absolute Gasteiger partial charge is 0.0621 e. The average molecular weight is 196 g/mol. The zero-order chi connectivity index (χ0) is 10.4. The van der Waals surface area contributed by atoms with Crippen molar-refractivity contribution < 1.29 is 5.11 Å². The van der Waals surface area contributed by atoms with E-state index >= 15 is 0 Å². The second-order valence-electron chi connectivity index (χ2n) is 3.99. The van der Waals surface area contributed by atoms with Crippen molar-refractivity contribution in [2.24, 2.45) is 0 Å². The zero-order valence-corrected chi connectivity index (χ0v) is 9.16. The number of aliphatic hydroxyl groups excluding tert-OH is 1. The minimum absolute atomic E-state index is 0.296. The topological polar surface area (TPSA) is 26.7 Å². The number of nitrogens with zero attached hydrogens (tertiary/aromatic N) is 2. The summed E-state index contributed by atoms with van der Waals surface area (Å²) < 4.78 is 0. The average Bonchev–Trinajstić information content (AvgIpc) is 2.15. The fraction of sp³-hybridized carbons (Fsp3) is 0.818. The van der Waals surface area contributed by atoms with E-state index in [0.29, 0.717) is 6.42 Å². The molecule has 1 N–H and O–H groups in total. The molecule has 0 saturated carbocycles. The van der Waals surface area contributed by atoms with Crippen LogP contribution >= 0.6 is 0 Å². The summed E-state index contributed by atoms with van der Waals surface area (Å²) in [6, 6.07) is 0. The van der Waals surface area contributed by atoms with Crippen LogP contribution in [-0.4, -0.2) is 60.8 Å². The standard InChI is InChI=1S/C11H20N2O/c1-11(14)5-3-4-6-13-9-7-12(2)8-10-13/h11,14H,5-10H2,1-2H3. The Labute approximate surface area is 86.7 Å². The van der Waals surface area contributed by atoms with E-state index in [9.17, 15) is 0 Å². The van der Waals surface area contributed by atoms with Crippen molar-refractivity contribution in [1.29, 1.82) is 0 Å². The fourth-order valence-electron chi connectivity index (χ4n) is 1.39. The van der Waals surface area contributed by atoms with E-state index in [0.717, 1.165) is 32.7 Å². The number of piperazine rings is 1. The van der Waals surface area contributed by atoms with E-state index in [2.05, 4.69) is 28.7 Å². The maximum atomic E-state index is 9.00. The van der Waals surface area contributed by atoms with Gasteiger partial charge in [0.1, 0.15) is 0 Å². The van der Waals surface area contributed by atoms with E-state index in [-0.39, 0.29) is 6.10 Å². The number of rotatable bonds is 2. The van der Waals surface area contributed by atoms with Gasteiger partial charge < -0.3 is 10.0 Å². The van der Waals surface area contributed by atoms with Gasteiger partial charge in [-0.15, -0.1) is 0 Å². The Morgan fingerprint density at radius 3 is 2.43 bits per heavy atom. The minimum Gasteiger partial charge on any atom is -0.392 e. The quantitative estimate of drug-likeness (QED) is 0.630. The summed E-state index contributed by atoms with van der Waals surface area (Å²) >= 11 is 0. The molecule has 3 nitrogen and oxygen atoms in total. The Morgan fingerprint density at radius 2 is 1.86 bits per heavy atom. The molecule has 1 aliphatic rings. The molecule has 0 aliphatic carbocycles. The maximum absolute atomic E-state index is 9.00. The molecule has 1 aliphatic heterocycles. The van der Waals surface area contributed by atoms with Gasteiger partial charge in [-0.1, -0.05) is 11.8 Å². The lowest BCUT2D eigenvalue weighted by Gasteiger charge is -2.30. The SMILES string of the molecule is CC(O)CC#CCN1CCN(C)CC1. The first-order valence-electron chi connectivity index (χ1n) is 5.23. The minimum atomic E-state index is -0.296. The lowest BCUT2D eigenvalue weighted by molar-refractivity contribution is 0.168. The molecule has 0 bridgehead atoms. The molecule has 80 valence electrons. The highest BCUT2D eigenvalue weighted by atomic mass is 16.3. The molecular formula is C11H20N2O. The van der Waals surface area contributed by atoms with E-state index in [4.69, 9.17) is 5.11 Å². The van der Waals surface area contributed by atoms with Crippen molar-refractivity contribution in [3.63, 3.8) is 0 Å². The van der Waals surface area contributed by atoms with Crippen LogP contribution in [-0.2, 0) is 0 Å². The van der Waals surface area contributed by atoms with Crippen LogP contribution in [0.25, 0.3) is 0 Å². The molecule has 1 unspecified atom stereocenters. The Morgan fingerprint density at radius 1 is 1.21 bits per heavy atom. The summed E-state index contributed by atoms with van der Waals surface area (Å²) in [7, 11) is 2.15. The Kier molecular flexibility index (Phi) is 4.95. The molecular weight excluding hydrogens is 176 g/mol. The van der Waals surface area contributed by atoms with Crippen molar-refractivity contribution in [3.05, 3.63) is 0 Å². The molecule has 1 rings (SSSR count). The molecule has 1 atom stereocenters. The Bertz CT molecular complexity index is 209. The van der Waals surface area contributed by atoms with Crippen LogP contribution < -0.4 is 0 Å². The number of hydrogen-bond donors (Lipinski definition) is 1. The van der Waals surface area contributed by atoms with Crippen molar-refractivity contribution in [2.75, 3.05) is 39.8 Å². The molecule has 0 aromatic heterocycles. The van der Waals surface area contributed by atoms with Gasteiger partial charge in [0.15, 0.2) is 0 Å². The highest BCUT2D eigenvalue weighted by molar-refractivity contribution is 5.02. The normalized spacial score (nSPS) is 21.4. The van der Waals surface area contributed by atoms with Gasteiger partial charge >= 0.3 is 0 Å². The maximum Gasteiger partial charge on any atom is 0.0621 e. The monoisotopic (exact) mass is 196 g/mol. The van der Waals surface area contributed by atoms with Crippen LogP contribution in [0.2, 0.25) is 0 Å². The van der Waals surface area contributed by atoms with Gasteiger partial charge in [-0.25, -0.2) is 0 Å². The van der Waals surface area contributed by atoms with Gasteiger partial charge in [-0.2, -0.15) is 0 Å². The Hall–Kier alpha value is -0.560. The molecule has 14 heavy (non-hydrogen) atoms. The first kappa shape index (κ1) is 11.5. The zero-order valence-electron chi connectivity index (χ0n) is 9.16. The van der Waals surface area contributed by atoms with E-state index in [1.54, 1.807) is 6.92 Å². The number of likely N-dealkylation sites (N-methyl/N-ethyl adjacent to an activating group) is 1. The summed E-state index contributed by atoms with van der Waals surface area (Å²) in [6.07, 6.45) is 0.295. The molecule has 0 amide bonds. The van der Waals surface area contributed by atoms with Crippen LogP contribution in [0, 0.1) is 11.8 Å². The highest BCUT2D eigenvalue weighted by Gasteiger charge is 2.11. The highest BCUT2D eigenvalue weighted by Crippen LogP contribution is 1.97. The largest absolute Gasteiger partial charge is 0.392 e. The lowest BCUT2D eigenvalue weighted by atomic mass is 10.3. The summed E-state index contributed by atoms with van der Waals surface area (Å²) in [5.74, 6) is 6.09. The van der Waals surface area contributed by atoms with Crippen LogP contribution in [0.4, 0.5) is 0 Å². The molecule has 0 aromatic carbocycles. The number of aliphatic hydroxyl groups is 1. The van der Waals surface area contributed by atoms with Crippen LogP contribution in [0.5, 0.6) is 0 Å². The summed E-state index contributed by atoms with van der Waals surface area (Å²) in [5, 5.41) is 9.00. The van der Waals surface area contributed by atoms with E-state index < -0.39 is 0 Å². The molecule has 0 aromatic rings. The summed E-state index contributed by atoms with van der Waals surface area (Å²) in [6.45, 7) is 7.11. The van der Waals surface area contributed by atoms with Gasteiger partial charge in [0.05, 0.1) is 12.6 Å². The second kappa shape index (κ2) is 6.02. The van der Waals surface area contributed by atoms with Crippen LogP contribution in [0.3, 0.4) is 0 Å². The van der Waals surface area contributed by atoms with Crippen molar-refractivity contribution in [1.82, 2.24) is 9.80 Å². The van der Waals surface area contributed by atoms with Gasteiger partial charge in [-0.05, 0) is 14.0 Å². The third kappa shape index (κ3) is 4.61. The number of hydrogen-bond acceptors (Lipinski definition) is 3. The lowest BCUT2D eigenvalue weighted by Crippen LogP contribution is -2.44. The van der Waals surface area contributed by atoms with E-state index in [1.807, 2.05) is 0 Å². The first-order chi connectivity index (χ1) is 6.68. The Balaban J connectivity index is 2.14. The fourth-order valence-corrected chi connectivity index (χ4v) is 1.39. The molecule has 3 heteroatoms. The molecule has 0 spiro atoms. The van der Waals surface area contributed by atoms with Gasteiger partial charge in [-0.3, -0.25) is 4.90 Å². The van der Waals surface area contributed by atoms with Crippen molar-refractivity contribution >= 4 is 0 Å². The van der Waals surface area contributed by atoms with E-state index in [1.165, 1.54) is 0 Å². The first-order valence-corrected chi connectivity index (χ1v) is 5.23. The van der Waals surface area contributed by atoms with Crippen molar-refractivity contribution in [2.45, 2.75) is 19.4 Å². The van der Waals surface area contributed by atoms with Gasteiger partial charge in [0, 0.05) is 32.6 Å².